The number of hydrogen-bond acceptors (Lipinski definition) is 4. The fourth-order valence-electron chi connectivity index (χ4n) is 4.00. The second-order valence-corrected chi connectivity index (χ2v) is 8.91. The number of aryl methyl sites for hydroxylation is 1. The number of carbonyl (C=O) groups is 1. The summed E-state index contributed by atoms with van der Waals surface area (Å²) in [6, 6.07) is 13.3. The van der Waals surface area contributed by atoms with Crippen LogP contribution in [0.2, 0.25) is 0 Å². The maximum absolute atomic E-state index is 13.4. The molecule has 0 unspecified atom stereocenters. The van der Waals surface area contributed by atoms with Crippen LogP contribution in [-0.2, 0) is 7.05 Å². The molecule has 0 aliphatic carbocycles. The molecule has 1 aliphatic rings. The van der Waals surface area contributed by atoms with E-state index in [4.69, 9.17) is 0 Å². The molecule has 1 fully saturated rings. The average molecular weight is 439 g/mol. The van der Waals surface area contributed by atoms with Crippen molar-refractivity contribution in [2.24, 2.45) is 7.05 Å². The minimum absolute atomic E-state index is 0.0690. The topological polar surface area (TPSA) is 55.2 Å². The highest BCUT2D eigenvalue weighted by molar-refractivity contribution is 7.21. The first-order valence-electron chi connectivity index (χ1n) is 9.98. The third kappa shape index (κ3) is 3.50. The van der Waals surface area contributed by atoms with Crippen molar-refractivity contribution in [1.29, 1.82) is 0 Å². The second-order valence-electron chi connectivity index (χ2n) is 7.86. The molecule has 3 heterocycles. The zero-order chi connectivity index (χ0) is 21.8. The largest absolute Gasteiger partial charge is 0.338 e. The SMILES string of the molecule is Cn1ncc2cc(-c3cccc4cc(C(=O)N5CCC(F)(F)CC5)sc34)ccc2c1=O. The molecular weight excluding hydrogens is 420 g/mol. The Bertz CT molecular complexity index is 1380. The first-order chi connectivity index (χ1) is 14.8. The molecule has 5 rings (SSSR count). The lowest BCUT2D eigenvalue weighted by molar-refractivity contribution is -0.0493. The monoisotopic (exact) mass is 439 g/mol. The number of aromatic nitrogens is 2. The summed E-state index contributed by atoms with van der Waals surface area (Å²) in [7, 11) is 1.62. The van der Waals surface area contributed by atoms with Gasteiger partial charge in [-0.15, -0.1) is 11.3 Å². The number of amides is 1. The molecule has 31 heavy (non-hydrogen) atoms. The summed E-state index contributed by atoms with van der Waals surface area (Å²) in [5, 5.41) is 6.37. The smallest absolute Gasteiger partial charge is 0.274 e. The molecule has 4 aromatic rings. The van der Waals surface area contributed by atoms with Crippen LogP contribution >= 0.6 is 11.3 Å². The van der Waals surface area contributed by atoms with Crippen molar-refractivity contribution in [3.63, 3.8) is 0 Å². The predicted octanol–water partition coefficient (Wildman–Crippen LogP) is 4.69. The number of fused-ring (bicyclic) bond motifs is 2. The maximum Gasteiger partial charge on any atom is 0.274 e. The van der Waals surface area contributed by atoms with Crippen molar-refractivity contribution < 1.29 is 13.6 Å². The highest BCUT2D eigenvalue weighted by Gasteiger charge is 2.36. The van der Waals surface area contributed by atoms with Crippen LogP contribution in [0.3, 0.4) is 0 Å². The molecule has 0 N–H and O–H groups in total. The normalized spacial score (nSPS) is 16.2. The van der Waals surface area contributed by atoms with Crippen molar-refractivity contribution >= 4 is 38.1 Å². The average Bonchev–Trinajstić information content (AvgIpc) is 3.20. The van der Waals surface area contributed by atoms with Crippen LogP contribution in [-0.4, -0.2) is 39.6 Å². The lowest BCUT2D eigenvalue weighted by atomic mass is 10.0. The van der Waals surface area contributed by atoms with Crippen molar-refractivity contribution in [2.75, 3.05) is 13.1 Å². The molecular formula is C23H19F2N3O2S. The van der Waals surface area contributed by atoms with Gasteiger partial charge in [0.05, 0.1) is 16.5 Å². The van der Waals surface area contributed by atoms with E-state index in [9.17, 15) is 18.4 Å². The Morgan fingerprint density at radius 3 is 2.65 bits per heavy atom. The maximum atomic E-state index is 13.4. The van der Waals surface area contributed by atoms with Gasteiger partial charge in [-0.2, -0.15) is 5.10 Å². The van der Waals surface area contributed by atoms with Gasteiger partial charge in [0.15, 0.2) is 0 Å². The molecule has 2 aromatic carbocycles. The van der Waals surface area contributed by atoms with E-state index in [1.807, 2.05) is 36.4 Å². The molecule has 158 valence electrons. The van der Waals surface area contributed by atoms with Gasteiger partial charge in [-0.1, -0.05) is 24.3 Å². The van der Waals surface area contributed by atoms with Crippen LogP contribution < -0.4 is 5.56 Å². The molecule has 0 saturated carbocycles. The second kappa shape index (κ2) is 7.23. The van der Waals surface area contributed by atoms with Crippen LogP contribution in [0.5, 0.6) is 0 Å². The fraction of sp³-hybridized carbons (Fsp3) is 0.261. The Balaban J connectivity index is 1.53. The van der Waals surface area contributed by atoms with Gasteiger partial charge in [0.2, 0.25) is 0 Å². The lowest BCUT2D eigenvalue weighted by Gasteiger charge is -2.31. The molecule has 1 saturated heterocycles. The summed E-state index contributed by atoms with van der Waals surface area (Å²) in [4.78, 5) is 27.2. The predicted molar refractivity (Wildman–Crippen MR) is 118 cm³/mol. The van der Waals surface area contributed by atoms with E-state index in [1.165, 1.54) is 20.9 Å². The fourth-order valence-corrected chi connectivity index (χ4v) is 5.16. The molecule has 0 bridgehead atoms. The van der Waals surface area contributed by atoms with E-state index in [1.54, 1.807) is 19.3 Å². The molecule has 1 aliphatic heterocycles. The summed E-state index contributed by atoms with van der Waals surface area (Å²) in [6.45, 7) is 0.138. The summed E-state index contributed by atoms with van der Waals surface area (Å²) < 4.78 is 29.1. The minimum Gasteiger partial charge on any atom is -0.338 e. The van der Waals surface area contributed by atoms with Crippen LogP contribution in [0.25, 0.3) is 32.0 Å². The third-order valence-electron chi connectivity index (χ3n) is 5.79. The lowest BCUT2D eigenvalue weighted by Crippen LogP contribution is -2.42. The number of halogens is 2. The van der Waals surface area contributed by atoms with E-state index < -0.39 is 5.92 Å². The van der Waals surface area contributed by atoms with Crippen molar-refractivity contribution in [2.45, 2.75) is 18.8 Å². The molecule has 0 atom stereocenters. The van der Waals surface area contributed by atoms with Gasteiger partial charge in [0.25, 0.3) is 17.4 Å². The number of piperidine rings is 1. The number of likely N-dealkylation sites (tertiary alicyclic amines) is 1. The summed E-state index contributed by atoms with van der Waals surface area (Å²) >= 11 is 1.37. The highest BCUT2D eigenvalue weighted by Crippen LogP contribution is 2.37. The van der Waals surface area contributed by atoms with Gasteiger partial charge in [0, 0.05) is 43.1 Å². The van der Waals surface area contributed by atoms with Gasteiger partial charge in [-0.3, -0.25) is 9.59 Å². The van der Waals surface area contributed by atoms with Crippen molar-refractivity contribution in [1.82, 2.24) is 14.7 Å². The van der Waals surface area contributed by atoms with Crippen molar-refractivity contribution in [3.8, 4) is 11.1 Å². The van der Waals surface area contributed by atoms with E-state index in [2.05, 4.69) is 5.10 Å². The zero-order valence-electron chi connectivity index (χ0n) is 16.8. The number of carbonyl (C=O) groups excluding carboxylic acids is 1. The standard InChI is InChI=1S/C23H19F2N3O2S/c1-27-21(29)18-6-5-14(11-16(18)13-26-27)17-4-2-3-15-12-19(31-20(15)17)22(30)28-9-7-23(24,25)8-10-28/h2-6,11-13H,7-10H2,1H3. The first kappa shape index (κ1) is 19.8. The molecule has 0 spiro atoms. The van der Waals surface area contributed by atoms with E-state index in [0.29, 0.717) is 10.3 Å². The van der Waals surface area contributed by atoms with Gasteiger partial charge >= 0.3 is 0 Å². The molecule has 1 amide bonds. The van der Waals surface area contributed by atoms with Crippen LogP contribution in [0.4, 0.5) is 8.78 Å². The first-order valence-corrected chi connectivity index (χ1v) is 10.8. The Morgan fingerprint density at radius 1 is 1.10 bits per heavy atom. The third-order valence-corrected chi connectivity index (χ3v) is 6.97. The minimum atomic E-state index is -2.68. The Labute approximate surface area is 180 Å². The number of thiophene rings is 1. The van der Waals surface area contributed by atoms with E-state index in [0.717, 1.165) is 26.6 Å². The quantitative estimate of drug-likeness (QED) is 0.456. The van der Waals surface area contributed by atoms with Gasteiger partial charge in [-0.05, 0) is 34.7 Å². The summed E-state index contributed by atoms with van der Waals surface area (Å²) in [5.41, 5.74) is 1.72. The summed E-state index contributed by atoms with van der Waals surface area (Å²) in [6.07, 6.45) is 1.08. The Morgan fingerprint density at radius 2 is 1.87 bits per heavy atom. The molecule has 5 nitrogen and oxygen atoms in total. The Hall–Kier alpha value is -3.13. The number of benzene rings is 2. The molecule has 0 radical (unpaired) electrons. The molecule has 2 aromatic heterocycles. The number of rotatable bonds is 2. The molecule has 8 heteroatoms. The highest BCUT2D eigenvalue weighted by atomic mass is 32.1. The Kier molecular flexibility index (Phi) is 4.62. The van der Waals surface area contributed by atoms with Crippen molar-refractivity contribution in [3.05, 3.63) is 63.9 Å². The summed E-state index contributed by atoms with van der Waals surface area (Å²) in [5.74, 6) is -2.88. The van der Waals surface area contributed by atoms with Crippen LogP contribution in [0.1, 0.15) is 22.5 Å². The number of hydrogen-bond donors (Lipinski definition) is 0. The zero-order valence-corrected chi connectivity index (χ0v) is 17.6. The van der Waals surface area contributed by atoms with Gasteiger partial charge < -0.3 is 4.90 Å². The van der Waals surface area contributed by atoms with Crippen LogP contribution in [0, 0.1) is 0 Å². The van der Waals surface area contributed by atoms with E-state index in [-0.39, 0.29) is 37.4 Å². The number of alkyl halides is 2. The number of nitrogens with zero attached hydrogens (tertiary/aromatic N) is 3. The van der Waals surface area contributed by atoms with E-state index >= 15 is 0 Å². The van der Waals surface area contributed by atoms with Gasteiger partial charge in [0.1, 0.15) is 0 Å². The van der Waals surface area contributed by atoms with Gasteiger partial charge in [-0.25, -0.2) is 13.5 Å². The van der Waals surface area contributed by atoms with Crippen LogP contribution in [0.15, 0.2) is 53.5 Å².